The Hall–Kier alpha value is -0.220. The van der Waals surface area contributed by atoms with Crippen molar-refractivity contribution >= 4 is 28.1 Å². The number of hydrogen-bond acceptors (Lipinski definition) is 2. The van der Waals surface area contributed by atoms with Gasteiger partial charge in [0.2, 0.25) is 0 Å². The molecule has 1 fully saturated rings. The molecule has 0 unspecified atom stereocenters. The Morgan fingerprint density at radius 2 is 2.29 bits per heavy atom. The van der Waals surface area contributed by atoms with E-state index in [2.05, 4.69) is 32.8 Å². The fourth-order valence-electron chi connectivity index (χ4n) is 1.49. The number of aromatic amines is 1. The topological polar surface area (TPSA) is 28.7 Å². The zero-order valence-corrected chi connectivity index (χ0v) is 10.5. The lowest BCUT2D eigenvalue weighted by molar-refractivity contribution is 0.752. The molecule has 2 rings (SSSR count). The Bertz CT molecular complexity index is 396. The zero-order valence-electron chi connectivity index (χ0n) is 8.14. The van der Waals surface area contributed by atoms with E-state index in [4.69, 9.17) is 12.2 Å². The summed E-state index contributed by atoms with van der Waals surface area (Å²) in [7, 11) is 0. The van der Waals surface area contributed by atoms with Gasteiger partial charge in [0.1, 0.15) is 10.5 Å². The smallest absolute Gasteiger partial charge is 0.144 e. The van der Waals surface area contributed by atoms with E-state index in [0.717, 1.165) is 29.1 Å². The average Bonchev–Trinajstić information content (AvgIpc) is 2.95. The molecule has 0 amide bonds. The van der Waals surface area contributed by atoms with Gasteiger partial charge in [-0.05, 0) is 41.1 Å². The van der Waals surface area contributed by atoms with E-state index in [1.807, 2.05) is 0 Å². The van der Waals surface area contributed by atoms with Crippen LogP contribution in [0.3, 0.4) is 0 Å². The van der Waals surface area contributed by atoms with Gasteiger partial charge in [-0.1, -0.05) is 19.1 Å². The predicted octanol–water partition coefficient (Wildman–Crippen LogP) is 3.42. The van der Waals surface area contributed by atoms with Gasteiger partial charge in [-0.15, -0.1) is 0 Å². The highest BCUT2D eigenvalue weighted by molar-refractivity contribution is 9.10. The Kier molecular flexibility index (Phi) is 3.02. The SMILES string of the molecule is CCc1[nH]c(CC2CC2)nc(=S)c1Br. The molecule has 1 aromatic heterocycles. The van der Waals surface area contributed by atoms with Crippen LogP contribution >= 0.6 is 28.1 Å². The average molecular weight is 273 g/mol. The molecule has 0 saturated heterocycles. The second kappa shape index (κ2) is 4.11. The minimum absolute atomic E-state index is 0.691. The predicted molar refractivity (Wildman–Crippen MR) is 62.9 cm³/mol. The molecule has 4 heteroatoms. The van der Waals surface area contributed by atoms with Gasteiger partial charge in [0, 0.05) is 12.1 Å². The maximum Gasteiger partial charge on any atom is 0.144 e. The fourth-order valence-corrected chi connectivity index (χ4v) is 2.19. The van der Waals surface area contributed by atoms with Gasteiger partial charge >= 0.3 is 0 Å². The van der Waals surface area contributed by atoms with Crippen LogP contribution in [0, 0.1) is 10.6 Å². The third kappa shape index (κ3) is 2.23. The van der Waals surface area contributed by atoms with Gasteiger partial charge in [0.15, 0.2) is 0 Å². The first-order chi connectivity index (χ1) is 6.70. The number of aromatic nitrogens is 2. The first-order valence-electron chi connectivity index (χ1n) is 4.98. The molecule has 0 bridgehead atoms. The van der Waals surface area contributed by atoms with Gasteiger partial charge in [0.25, 0.3) is 0 Å². The second-order valence-corrected chi connectivity index (χ2v) is 4.96. The maximum absolute atomic E-state index is 5.19. The molecule has 1 N–H and O–H groups in total. The molecule has 1 aliphatic rings. The number of rotatable bonds is 3. The standard InChI is InChI=1S/C10H13BrN2S/c1-2-7-9(11)10(14)13-8(12-7)5-6-3-4-6/h6H,2-5H2,1H3,(H,12,13,14). The molecule has 2 nitrogen and oxygen atoms in total. The van der Waals surface area contributed by atoms with E-state index in [1.54, 1.807) is 0 Å². The molecule has 0 aromatic carbocycles. The Morgan fingerprint density at radius 3 is 2.86 bits per heavy atom. The minimum atomic E-state index is 0.691. The van der Waals surface area contributed by atoms with Crippen molar-refractivity contribution in [3.63, 3.8) is 0 Å². The lowest BCUT2D eigenvalue weighted by Crippen LogP contribution is -2.01. The molecule has 0 radical (unpaired) electrons. The Balaban J connectivity index is 2.31. The summed E-state index contributed by atoms with van der Waals surface area (Å²) in [6.45, 7) is 2.12. The highest BCUT2D eigenvalue weighted by Gasteiger charge is 2.22. The first kappa shape index (κ1) is 10.3. The van der Waals surface area contributed by atoms with Crippen molar-refractivity contribution < 1.29 is 0 Å². The quantitative estimate of drug-likeness (QED) is 0.855. The molecular weight excluding hydrogens is 260 g/mol. The van der Waals surface area contributed by atoms with Crippen molar-refractivity contribution in [1.82, 2.24) is 9.97 Å². The Morgan fingerprint density at radius 1 is 1.57 bits per heavy atom. The number of nitrogens with zero attached hydrogens (tertiary/aromatic N) is 1. The van der Waals surface area contributed by atoms with Gasteiger partial charge in [0.05, 0.1) is 4.47 Å². The van der Waals surface area contributed by atoms with Gasteiger partial charge in [-0.25, -0.2) is 4.98 Å². The van der Waals surface area contributed by atoms with Crippen LogP contribution in [0.5, 0.6) is 0 Å². The summed E-state index contributed by atoms with van der Waals surface area (Å²) in [6.07, 6.45) is 4.72. The zero-order chi connectivity index (χ0) is 10.1. The molecule has 0 aliphatic heterocycles. The summed E-state index contributed by atoms with van der Waals surface area (Å²) in [5.41, 5.74) is 1.17. The summed E-state index contributed by atoms with van der Waals surface area (Å²) < 4.78 is 1.64. The highest BCUT2D eigenvalue weighted by atomic mass is 79.9. The van der Waals surface area contributed by atoms with Crippen LogP contribution in [0.2, 0.25) is 0 Å². The summed E-state index contributed by atoms with van der Waals surface area (Å²) in [4.78, 5) is 7.72. The molecule has 14 heavy (non-hydrogen) atoms. The van der Waals surface area contributed by atoms with Crippen molar-refractivity contribution in [3.05, 3.63) is 20.6 Å². The molecule has 1 saturated carbocycles. The molecule has 1 heterocycles. The van der Waals surface area contributed by atoms with E-state index in [-0.39, 0.29) is 0 Å². The van der Waals surface area contributed by atoms with Crippen molar-refractivity contribution in [2.45, 2.75) is 32.6 Å². The molecule has 0 spiro atoms. The number of H-pyrrole nitrogens is 1. The third-order valence-electron chi connectivity index (χ3n) is 2.52. The van der Waals surface area contributed by atoms with Crippen molar-refractivity contribution in [1.29, 1.82) is 0 Å². The molecule has 1 aliphatic carbocycles. The summed E-state index contributed by atoms with van der Waals surface area (Å²) in [5.74, 6) is 1.90. The molecule has 76 valence electrons. The molecule has 1 aromatic rings. The van der Waals surface area contributed by atoms with E-state index in [9.17, 15) is 0 Å². The monoisotopic (exact) mass is 272 g/mol. The number of hydrogen-bond donors (Lipinski definition) is 1. The lowest BCUT2D eigenvalue weighted by atomic mass is 10.2. The van der Waals surface area contributed by atoms with Gasteiger partial charge in [-0.3, -0.25) is 0 Å². The number of nitrogens with one attached hydrogen (secondary N) is 1. The van der Waals surface area contributed by atoms with E-state index in [1.165, 1.54) is 18.5 Å². The minimum Gasteiger partial charge on any atom is -0.346 e. The van der Waals surface area contributed by atoms with Crippen molar-refractivity contribution in [2.75, 3.05) is 0 Å². The van der Waals surface area contributed by atoms with Crippen molar-refractivity contribution in [2.24, 2.45) is 5.92 Å². The molecular formula is C10H13BrN2S. The third-order valence-corrected chi connectivity index (χ3v) is 3.93. The number of halogens is 1. The van der Waals surface area contributed by atoms with Crippen LogP contribution in [-0.4, -0.2) is 9.97 Å². The van der Waals surface area contributed by atoms with Crippen LogP contribution in [0.25, 0.3) is 0 Å². The lowest BCUT2D eigenvalue weighted by Gasteiger charge is -2.05. The summed E-state index contributed by atoms with van der Waals surface area (Å²) >= 11 is 8.65. The summed E-state index contributed by atoms with van der Waals surface area (Å²) in [5, 5.41) is 0. The maximum atomic E-state index is 5.19. The van der Waals surface area contributed by atoms with Gasteiger partial charge in [-0.2, -0.15) is 0 Å². The first-order valence-corrected chi connectivity index (χ1v) is 6.18. The fraction of sp³-hybridized carbons (Fsp3) is 0.600. The number of aryl methyl sites for hydroxylation is 1. The van der Waals surface area contributed by atoms with Crippen LogP contribution in [0.15, 0.2) is 4.47 Å². The van der Waals surface area contributed by atoms with Crippen LogP contribution in [0.1, 0.15) is 31.3 Å². The van der Waals surface area contributed by atoms with E-state index in [0.29, 0.717) is 4.64 Å². The highest BCUT2D eigenvalue weighted by Crippen LogP contribution is 2.32. The second-order valence-electron chi connectivity index (χ2n) is 3.78. The molecule has 0 atom stereocenters. The normalized spacial score (nSPS) is 15.9. The van der Waals surface area contributed by atoms with Crippen LogP contribution in [0.4, 0.5) is 0 Å². The van der Waals surface area contributed by atoms with E-state index < -0.39 is 0 Å². The van der Waals surface area contributed by atoms with E-state index >= 15 is 0 Å². The van der Waals surface area contributed by atoms with Crippen LogP contribution < -0.4 is 0 Å². The summed E-state index contributed by atoms with van der Waals surface area (Å²) in [6, 6.07) is 0. The Labute approximate surface area is 97.3 Å². The van der Waals surface area contributed by atoms with Crippen LogP contribution in [-0.2, 0) is 12.8 Å². The largest absolute Gasteiger partial charge is 0.346 e. The van der Waals surface area contributed by atoms with Crippen molar-refractivity contribution in [3.8, 4) is 0 Å². The van der Waals surface area contributed by atoms with Gasteiger partial charge < -0.3 is 4.98 Å².